The van der Waals surface area contributed by atoms with Gasteiger partial charge in [0.2, 0.25) is 0 Å². The van der Waals surface area contributed by atoms with Crippen molar-refractivity contribution in [3.8, 4) is 6.07 Å². The van der Waals surface area contributed by atoms with E-state index in [0.717, 1.165) is 38.9 Å². The van der Waals surface area contributed by atoms with Gasteiger partial charge in [-0.1, -0.05) is 6.92 Å². The quantitative estimate of drug-likeness (QED) is 0.819. The van der Waals surface area contributed by atoms with E-state index in [1.165, 1.54) is 0 Å². The summed E-state index contributed by atoms with van der Waals surface area (Å²) in [5.74, 6) is 1.16. The van der Waals surface area contributed by atoms with Gasteiger partial charge < -0.3 is 16.4 Å². The average Bonchev–Trinajstić information content (AvgIpc) is 2.67. The fraction of sp³-hybridized carbons (Fsp3) is 0.667. The number of hydrogen-bond donors (Lipinski definition) is 2. The molecule has 0 spiro atoms. The molecule has 1 atom stereocenters. The SMILES string of the molecule is CCCn1nc(N2CCCC(N)C2)c(C#N)c1N. The first-order valence-corrected chi connectivity index (χ1v) is 6.44. The van der Waals surface area contributed by atoms with Gasteiger partial charge in [0.25, 0.3) is 0 Å². The first-order valence-electron chi connectivity index (χ1n) is 6.44. The fourth-order valence-corrected chi connectivity index (χ4v) is 2.38. The van der Waals surface area contributed by atoms with E-state index in [1.54, 1.807) is 4.68 Å². The summed E-state index contributed by atoms with van der Waals surface area (Å²) in [6.45, 7) is 4.44. The first-order chi connectivity index (χ1) is 8.67. The molecule has 1 aliphatic rings. The number of aryl methyl sites for hydroxylation is 1. The zero-order valence-electron chi connectivity index (χ0n) is 10.8. The lowest BCUT2D eigenvalue weighted by Crippen LogP contribution is -2.43. The van der Waals surface area contributed by atoms with Crippen LogP contribution in [0.4, 0.5) is 11.6 Å². The van der Waals surface area contributed by atoms with Crippen molar-refractivity contribution >= 4 is 11.6 Å². The molecule has 4 N–H and O–H groups in total. The Hall–Kier alpha value is -1.74. The zero-order valence-corrected chi connectivity index (χ0v) is 10.8. The largest absolute Gasteiger partial charge is 0.383 e. The standard InChI is InChI=1S/C12H20N6/c1-2-5-18-11(15)10(7-13)12(16-18)17-6-3-4-9(14)8-17/h9H,2-6,8,14-15H2,1H3. The van der Waals surface area contributed by atoms with E-state index in [-0.39, 0.29) is 6.04 Å². The van der Waals surface area contributed by atoms with Gasteiger partial charge in [0.1, 0.15) is 17.5 Å². The lowest BCUT2D eigenvalue weighted by Gasteiger charge is -2.30. The van der Waals surface area contributed by atoms with Crippen LogP contribution in [0.5, 0.6) is 0 Å². The summed E-state index contributed by atoms with van der Waals surface area (Å²) in [6, 6.07) is 2.32. The fourth-order valence-electron chi connectivity index (χ4n) is 2.38. The van der Waals surface area contributed by atoms with E-state index in [0.29, 0.717) is 17.2 Å². The van der Waals surface area contributed by atoms with Gasteiger partial charge in [-0.05, 0) is 19.3 Å². The van der Waals surface area contributed by atoms with Crippen LogP contribution in [0.1, 0.15) is 31.7 Å². The third-order valence-corrected chi connectivity index (χ3v) is 3.28. The van der Waals surface area contributed by atoms with Crippen molar-refractivity contribution in [3.05, 3.63) is 5.56 Å². The second kappa shape index (κ2) is 5.27. The van der Waals surface area contributed by atoms with Crippen LogP contribution in [0.15, 0.2) is 0 Å². The molecular formula is C12H20N6. The highest BCUT2D eigenvalue weighted by Crippen LogP contribution is 2.26. The molecule has 98 valence electrons. The van der Waals surface area contributed by atoms with Crippen LogP contribution in [-0.2, 0) is 6.54 Å². The average molecular weight is 248 g/mol. The highest BCUT2D eigenvalue weighted by Gasteiger charge is 2.24. The van der Waals surface area contributed by atoms with E-state index in [1.807, 2.05) is 0 Å². The van der Waals surface area contributed by atoms with Gasteiger partial charge in [-0.25, -0.2) is 4.68 Å². The maximum Gasteiger partial charge on any atom is 0.170 e. The summed E-state index contributed by atoms with van der Waals surface area (Å²) >= 11 is 0. The van der Waals surface area contributed by atoms with E-state index in [4.69, 9.17) is 11.5 Å². The van der Waals surface area contributed by atoms with Crippen molar-refractivity contribution in [2.45, 2.75) is 38.8 Å². The monoisotopic (exact) mass is 248 g/mol. The Morgan fingerprint density at radius 3 is 2.94 bits per heavy atom. The smallest absolute Gasteiger partial charge is 0.170 e. The second-order valence-electron chi connectivity index (χ2n) is 4.77. The van der Waals surface area contributed by atoms with Crippen LogP contribution in [0.2, 0.25) is 0 Å². The highest BCUT2D eigenvalue weighted by atomic mass is 15.4. The molecule has 1 saturated heterocycles. The van der Waals surface area contributed by atoms with Crippen molar-refractivity contribution < 1.29 is 0 Å². The van der Waals surface area contributed by atoms with Crippen LogP contribution in [0.3, 0.4) is 0 Å². The van der Waals surface area contributed by atoms with Crippen LogP contribution in [0.25, 0.3) is 0 Å². The number of nitriles is 1. The molecule has 6 nitrogen and oxygen atoms in total. The predicted molar refractivity (Wildman–Crippen MR) is 71.1 cm³/mol. The van der Waals surface area contributed by atoms with Crippen molar-refractivity contribution in [2.24, 2.45) is 5.73 Å². The maximum atomic E-state index is 9.24. The number of nitrogens with zero attached hydrogens (tertiary/aromatic N) is 4. The number of rotatable bonds is 3. The van der Waals surface area contributed by atoms with E-state index in [9.17, 15) is 5.26 Å². The van der Waals surface area contributed by atoms with Gasteiger partial charge in [0.15, 0.2) is 5.82 Å². The lowest BCUT2D eigenvalue weighted by atomic mass is 10.1. The molecule has 18 heavy (non-hydrogen) atoms. The summed E-state index contributed by atoms with van der Waals surface area (Å²) in [6.07, 6.45) is 3.01. The van der Waals surface area contributed by atoms with Crippen molar-refractivity contribution in [1.29, 1.82) is 5.26 Å². The molecule has 1 aromatic heterocycles. The molecule has 0 aliphatic carbocycles. The summed E-state index contributed by atoms with van der Waals surface area (Å²) in [5.41, 5.74) is 12.4. The first kappa shape index (κ1) is 12.7. The molecule has 0 radical (unpaired) electrons. The molecule has 1 unspecified atom stereocenters. The topological polar surface area (TPSA) is 96.9 Å². The number of nitrogens with two attached hydrogens (primary N) is 2. The summed E-state index contributed by atoms with van der Waals surface area (Å²) < 4.78 is 1.72. The summed E-state index contributed by atoms with van der Waals surface area (Å²) in [4.78, 5) is 2.08. The maximum absolute atomic E-state index is 9.24. The third-order valence-electron chi connectivity index (χ3n) is 3.28. The summed E-state index contributed by atoms with van der Waals surface area (Å²) in [7, 11) is 0. The number of hydrogen-bond acceptors (Lipinski definition) is 5. The Labute approximate surface area is 107 Å². The molecular weight excluding hydrogens is 228 g/mol. The Morgan fingerprint density at radius 2 is 2.33 bits per heavy atom. The number of anilines is 2. The van der Waals surface area contributed by atoms with Crippen molar-refractivity contribution in [3.63, 3.8) is 0 Å². The van der Waals surface area contributed by atoms with Gasteiger partial charge in [-0.3, -0.25) is 0 Å². The third kappa shape index (κ3) is 2.27. The molecule has 0 saturated carbocycles. The molecule has 0 aromatic carbocycles. The van der Waals surface area contributed by atoms with E-state index >= 15 is 0 Å². The van der Waals surface area contributed by atoms with Gasteiger partial charge in [0, 0.05) is 25.7 Å². The van der Waals surface area contributed by atoms with Crippen LogP contribution in [-0.4, -0.2) is 28.9 Å². The van der Waals surface area contributed by atoms with Crippen molar-refractivity contribution in [2.75, 3.05) is 23.7 Å². The van der Waals surface area contributed by atoms with Gasteiger partial charge >= 0.3 is 0 Å². The van der Waals surface area contributed by atoms with Crippen LogP contribution >= 0.6 is 0 Å². The molecule has 2 rings (SSSR count). The minimum absolute atomic E-state index is 0.155. The van der Waals surface area contributed by atoms with Crippen LogP contribution in [0, 0.1) is 11.3 Å². The molecule has 6 heteroatoms. The Balaban J connectivity index is 2.31. The highest BCUT2D eigenvalue weighted by molar-refractivity contribution is 5.65. The molecule has 1 fully saturated rings. The number of nitrogen functional groups attached to an aromatic ring is 1. The number of piperidine rings is 1. The Kier molecular flexibility index (Phi) is 3.72. The van der Waals surface area contributed by atoms with Gasteiger partial charge in [0.05, 0.1) is 0 Å². The number of aromatic nitrogens is 2. The molecule has 2 heterocycles. The summed E-state index contributed by atoms with van der Waals surface area (Å²) in [5, 5.41) is 13.7. The molecule has 0 bridgehead atoms. The minimum Gasteiger partial charge on any atom is -0.383 e. The van der Waals surface area contributed by atoms with E-state index in [2.05, 4.69) is 23.0 Å². The molecule has 1 aliphatic heterocycles. The molecule has 0 amide bonds. The van der Waals surface area contributed by atoms with Crippen molar-refractivity contribution in [1.82, 2.24) is 9.78 Å². The van der Waals surface area contributed by atoms with E-state index < -0.39 is 0 Å². The van der Waals surface area contributed by atoms with Crippen LogP contribution < -0.4 is 16.4 Å². The minimum atomic E-state index is 0.155. The Bertz CT molecular complexity index is 458. The second-order valence-corrected chi connectivity index (χ2v) is 4.77. The Morgan fingerprint density at radius 1 is 1.56 bits per heavy atom. The van der Waals surface area contributed by atoms with Gasteiger partial charge in [-0.2, -0.15) is 10.4 Å². The molecule has 1 aromatic rings. The predicted octanol–water partition coefficient (Wildman–Crippen LogP) is 0.674. The lowest BCUT2D eigenvalue weighted by molar-refractivity contribution is 0.499. The zero-order chi connectivity index (χ0) is 13.1. The van der Waals surface area contributed by atoms with Gasteiger partial charge in [-0.15, -0.1) is 0 Å². The normalized spacial score (nSPS) is 19.8.